The lowest BCUT2D eigenvalue weighted by Gasteiger charge is -2.21. The van der Waals surface area contributed by atoms with Crippen LogP contribution in [0.25, 0.3) is 0 Å². The molecule has 1 saturated heterocycles. The van der Waals surface area contributed by atoms with Gasteiger partial charge in [0.15, 0.2) is 0 Å². The Morgan fingerprint density at radius 1 is 1.42 bits per heavy atom. The van der Waals surface area contributed by atoms with E-state index >= 15 is 0 Å². The molecular formula is C8H18ClNOS. The molecule has 1 unspecified atom stereocenters. The van der Waals surface area contributed by atoms with Crippen LogP contribution in [0.2, 0.25) is 0 Å². The van der Waals surface area contributed by atoms with Crippen molar-refractivity contribution in [1.29, 1.82) is 0 Å². The van der Waals surface area contributed by atoms with Crippen molar-refractivity contribution in [3.05, 3.63) is 0 Å². The SMILES string of the molecule is CC(C)(C)S(=O)[C@@H]1CCNC1.Cl. The van der Waals surface area contributed by atoms with Crippen molar-refractivity contribution in [2.75, 3.05) is 13.1 Å². The highest BCUT2D eigenvalue weighted by Gasteiger charge is 2.29. The van der Waals surface area contributed by atoms with Crippen molar-refractivity contribution < 1.29 is 4.21 Å². The van der Waals surface area contributed by atoms with Crippen molar-refractivity contribution >= 4 is 23.2 Å². The minimum atomic E-state index is -0.675. The molecule has 1 aliphatic rings. The summed E-state index contributed by atoms with van der Waals surface area (Å²) >= 11 is 0. The van der Waals surface area contributed by atoms with Crippen LogP contribution < -0.4 is 5.32 Å². The Balaban J connectivity index is 0.00000121. The average molecular weight is 212 g/mol. The molecule has 1 fully saturated rings. The first-order valence-electron chi connectivity index (χ1n) is 4.13. The van der Waals surface area contributed by atoms with E-state index in [0.717, 1.165) is 19.5 Å². The molecule has 4 heteroatoms. The van der Waals surface area contributed by atoms with Crippen LogP contribution in [0.3, 0.4) is 0 Å². The van der Waals surface area contributed by atoms with Gasteiger partial charge < -0.3 is 5.32 Å². The Morgan fingerprint density at radius 2 is 2.00 bits per heavy atom. The monoisotopic (exact) mass is 211 g/mol. The third-order valence-electron chi connectivity index (χ3n) is 1.92. The zero-order valence-electron chi connectivity index (χ0n) is 7.92. The number of hydrogen-bond donors (Lipinski definition) is 1. The molecule has 1 N–H and O–H groups in total. The summed E-state index contributed by atoms with van der Waals surface area (Å²) in [5.74, 6) is 0. The Kier molecular flexibility index (Phi) is 4.74. The lowest BCUT2D eigenvalue weighted by Crippen LogP contribution is -2.32. The summed E-state index contributed by atoms with van der Waals surface area (Å²) in [5, 5.41) is 3.62. The van der Waals surface area contributed by atoms with Crippen LogP contribution in [0.5, 0.6) is 0 Å². The van der Waals surface area contributed by atoms with Gasteiger partial charge >= 0.3 is 0 Å². The summed E-state index contributed by atoms with van der Waals surface area (Å²) in [5.41, 5.74) is 0. The molecule has 0 amide bonds. The van der Waals surface area contributed by atoms with Crippen LogP contribution in [0, 0.1) is 0 Å². The van der Waals surface area contributed by atoms with Gasteiger partial charge in [0.05, 0.1) is 0 Å². The van der Waals surface area contributed by atoms with Gasteiger partial charge in [-0.3, -0.25) is 4.21 Å². The highest BCUT2D eigenvalue weighted by atomic mass is 35.5. The van der Waals surface area contributed by atoms with Crippen molar-refractivity contribution in [3.63, 3.8) is 0 Å². The molecule has 0 bridgehead atoms. The zero-order chi connectivity index (χ0) is 8.48. The number of halogens is 1. The maximum absolute atomic E-state index is 11.7. The van der Waals surface area contributed by atoms with Gasteiger partial charge in [0.25, 0.3) is 0 Å². The van der Waals surface area contributed by atoms with E-state index in [1.165, 1.54) is 0 Å². The van der Waals surface area contributed by atoms with Crippen LogP contribution in [-0.4, -0.2) is 27.3 Å². The third kappa shape index (κ3) is 3.04. The van der Waals surface area contributed by atoms with E-state index in [0.29, 0.717) is 5.25 Å². The maximum atomic E-state index is 11.7. The number of rotatable bonds is 1. The van der Waals surface area contributed by atoms with E-state index in [2.05, 4.69) is 5.32 Å². The van der Waals surface area contributed by atoms with Gasteiger partial charge in [-0.25, -0.2) is 0 Å². The lowest BCUT2D eigenvalue weighted by molar-refractivity contribution is 0.636. The zero-order valence-corrected chi connectivity index (χ0v) is 9.56. The second kappa shape index (κ2) is 4.58. The van der Waals surface area contributed by atoms with Gasteiger partial charge in [0.1, 0.15) is 0 Å². The fourth-order valence-electron chi connectivity index (χ4n) is 1.31. The highest BCUT2D eigenvalue weighted by molar-refractivity contribution is 7.87. The van der Waals surface area contributed by atoms with Crippen molar-refractivity contribution in [3.8, 4) is 0 Å². The van der Waals surface area contributed by atoms with Gasteiger partial charge in [-0.1, -0.05) is 0 Å². The van der Waals surface area contributed by atoms with E-state index in [9.17, 15) is 4.21 Å². The molecule has 1 rings (SSSR count). The lowest BCUT2D eigenvalue weighted by atomic mass is 10.3. The Labute approximate surface area is 83.4 Å². The van der Waals surface area contributed by atoms with Gasteiger partial charge in [0.2, 0.25) is 0 Å². The van der Waals surface area contributed by atoms with Gasteiger partial charge in [-0.15, -0.1) is 12.4 Å². The predicted octanol–water partition coefficient (Wildman–Crippen LogP) is 1.32. The van der Waals surface area contributed by atoms with E-state index in [4.69, 9.17) is 0 Å². The maximum Gasteiger partial charge on any atom is 0.0489 e. The van der Waals surface area contributed by atoms with Crippen LogP contribution in [-0.2, 0) is 10.8 Å². The summed E-state index contributed by atoms with van der Waals surface area (Å²) in [6, 6.07) is 0. The molecule has 0 spiro atoms. The minimum absolute atomic E-state index is 0. The normalized spacial score (nSPS) is 26.4. The van der Waals surface area contributed by atoms with Crippen molar-refractivity contribution in [1.82, 2.24) is 5.32 Å². The molecule has 0 aromatic rings. The summed E-state index contributed by atoms with van der Waals surface area (Å²) in [4.78, 5) is 0. The van der Waals surface area contributed by atoms with Crippen molar-refractivity contribution in [2.45, 2.75) is 37.2 Å². The van der Waals surface area contributed by atoms with E-state index < -0.39 is 10.8 Å². The summed E-state index contributed by atoms with van der Waals surface area (Å²) in [6.45, 7) is 8.10. The molecule has 0 aliphatic carbocycles. The molecule has 1 heterocycles. The second-order valence-corrected chi connectivity index (χ2v) is 6.51. The van der Waals surface area contributed by atoms with Gasteiger partial charge in [-0.2, -0.15) is 0 Å². The molecule has 0 radical (unpaired) electrons. The van der Waals surface area contributed by atoms with E-state index in [1.807, 2.05) is 20.8 Å². The first-order valence-corrected chi connectivity index (χ1v) is 5.34. The third-order valence-corrected chi connectivity index (χ3v) is 4.14. The fourth-order valence-corrected chi connectivity index (χ4v) is 2.91. The first kappa shape index (κ1) is 12.4. The van der Waals surface area contributed by atoms with Crippen molar-refractivity contribution in [2.24, 2.45) is 0 Å². The highest BCUT2D eigenvalue weighted by Crippen LogP contribution is 2.19. The second-order valence-electron chi connectivity index (χ2n) is 4.02. The van der Waals surface area contributed by atoms with E-state index in [1.54, 1.807) is 0 Å². The predicted molar refractivity (Wildman–Crippen MR) is 56.4 cm³/mol. The van der Waals surface area contributed by atoms with Crippen LogP contribution in [0.1, 0.15) is 27.2 Å². The quantitative estimate of drug-likeness (QED) is 0.709. The fraction of sp³-hybridized carbons (Fsp3) is 1.00. The molecule has 74 valence electrons. The van der Waals surface area contributed by atoms with Gasteiger partial charge in [0, 0.05) is 27.3 Å². The van der Waals surface area contributed by atoms with Gasteiger partial charge in [-0.05, 0) is 33.7 Å². The molecule has 0 aromatic heterocycles. The summed E-state index contributed by atoms with van der Waals surface area (Å²) in [6.07, 6.45) is 1.07. The Morgan fingerprint density at radius 3 is 2.33 bits per heavy atom. The first-order chi connectivity index (χ1) is 5.02. The number of hydrogen-bond acceptors (Lipinski definition) is 2. The van der Waals surface area contributed by atoms with Crippen LogP contribution in [0.4, 0.5) is 0 Å². The minimum Gasteiger partial charge on any atom is -0.315 e. The summed E-state index contributed by atoms with van der Waals surface area (Å²) < 4.78 is 11.7. The summed E-state index contributed by atoms with van der Waals surface area (Å²) in [7, 11) is -0.675. The molecule has 0 saturated carbocycles. The molecule has 1 aliphatic heterocycles. The topological polar surface area (TPSA) is 29.1 Å². The molecule has 2 nitrogen and oxygen atoms in total. The molecule has 0 aromatic carbocycles. The molecule has 2 atom stereocenters. The van der Waals surface area contributed by atoms with Crippen LogP contribution >= 0.6 is 12.4 Å². The largest absolute Gasteiger partial charge is 0.315 e. The molecular weight excluding hydrogens is 194 g/mol. The Bertz CT molecular complexity index is 161. The molecule has 12 heavy (non-hydrogen) atoms. The van der Waals surface area contributed by atoms with Crippen LogP contribution in [0.15, 0.2) is 0 Å². The Hall–Kier alpha value is 0.400. The number of nitrogens with one attached hydrogen (secondary N) is 1. The average Bonchev–Trinajstić information content (AvgIpc) is 2.34. The van der Waals surface area contributed by atoms with E-state index in [-0.39, 0.29) is 17.2 Å². The smallest absolute Gasteiger partial charge is 0.0489 e. The standard InChI is InChI=1S/C8H17NOS.ClH/c1-8(2,3)11(10)7-4-5-9-6-7;/h7,9H,4-6H2,1-3H3;1H/t7-,11?;/m1./s1.